The predicted octanol–water partition coefficient (Wildman–Crippen LogP) is 1.75. The molecule has 0 bridgehead atoms. The van der Waals surface area contributed by atoms with Crippen LogP contribution >= 0.6 is 0 Å². The lowest BCUT2D eigenvalue weighted by molar-refractivity contribution is -0.127. The summed E-state index contributed by atoms with van der Waals surface area (Å²) in [7, 11) is 1.67. The average Bonchev–Trinajstić information content (AvgIpc) is 2.40. The van der Waals surface area contributed by atoms with Gasteiger partial charge in [-0.05, 0) is 31.7 Å². The number of halogens is 2. The van der Waals surface area contributed by atoms with Crippen molar-refractivity contribution < 1.29 is 18.3 Å². The number of carbonyl (C=O) groups excluding carboxylic acids is 1. The van der Waals surface area contributed by atoms with Gasteiger partial charge < -0.3 is 15.4 Å². The highest BCUT2D eigenvalue weighted by atomic mass is 19.1. The summed E-state index contributed by atoms with van der Waals surface area (Å²) in [4.78, 5) is 11.6. The van der Waals surface area contributed by atoms with E-state index in [1.165, 1.54) is 25.1 Å². The molecular formula is C14H18F2N2O2. The topological polar surface area (TPSA) is 50.4 Å². The smallest absolute Gasteiger partial charge is 0.261 e. The van der Waals surface area contributed by atoms with Crippen molar-refractivity contribution in [2.24, 2.45) is 0 Å². The minimum absolute atomic E-state index is 0.263. The molecule has 0 spiro atoms. The molecule has 0 heterocycles. The van der Waals surface area contributed by atoms with Gasteiger partial charge in [0.25, 0.3) is 5.91 Å². The van der Waals surface area contributed by atoms with E-state index in [-0.39, 0.29) is 6.54 Å². The second kappa shape index (κ2) is 7.59. The van der Waals surface area contributed by atoms with Gasteiger partial charge in [-0.15, -0.1) is 6.58 Å². The maximum Gasteiger partial charge on any atom is 0.261 e. The summed E-state index contributed by atoms with van der Waals surface area (Å²) in [6, 6.07) is 2.34. The van der Waals surface area contributed by atoms with E-state index >= 15 is 0 Å². The van der Waals surface area contributed by atoms with Gasteiger partial charge in [0.15, 0.2) is 23.5 Å². The Hall–Kier alpha value is -1.95. The standard InChI is InChI=1S/C14H18F2N2O2/c1-4-5-18-14(19)9(2)20-13-11(15)6-10(8-17-3)7-12(13)16/h4,6-7,9,17H,1,5,8H2,2-3H3,(H,18,19). The van der Waals surface area contributed by atoms with Crippen LogP contribution in [0.3, 0.4) is 0 Å². The monoisotopic (exact) mass is 284 g/mol. The van der Waals surface area contributed by atoms with Crippen LogP contribution in [0.2, 0.25) is 0 Å². The van der Waals surface area contributed by atoms with Gasteiger partial charge in [-0.2, -0.15) is 0 Å². The fourth-order valence-corrected chi connectivity index (χ4v) is 1.58. The number of ether oxygens (including phenoxy) is 1. The Kier molecular flexibility index (Phi) is 6.11. The molecule has 1 aromatic rings. The minimum atomic E-state index is -1.01. The van der Waals surface area contributed by atoms with Crippen LogP contribution in [0.15, 0.2) is 24.8 Å². The van der Waals surface area contributed by atoms with E-state index in [1.807, 2.05) is 0 Å². The van der Waals surface area contributed by atoms with E-state index < -0.39 is 29.4 Å². The van der Waals surface area contributed by atoms with Crippen molar-refractivity contribution in [1.82, 2.24) is 10.6 Å². The first kappa shape index (κ1) is 16.1. The summed E-state index contributed by atoms with van der Waals surface area (Å²) >= 11 is 0. The van der Waals surface area contributed by atoms with Crippen molar-refractivity contribution in [3.63, 3.8) is 0 Å². The molecule has 0 aliphatic heterocycles. The molecule has 1 aromatic carbocycles. The molecule has 0 saturated heterocycles. The van der Waals surface area contributed by atoms with Gasteiger partial charge in [0.2, 0.25) is 0 Å². The van der Waals surface area contributed by atoms with Gasteiger partial charge >= 0.3 is 0 Å². The Morgan fingerprint density at radius 1 is 1.45 bits per heavy atom. The van der Waals surface area contributed by atoms with Crippen LogP contribution in [-0.4, -0.2) is 25.6 Å². The zero-order valence-corrected chi connectivity index (χ0v) is 11.5. The number of hydrogen-bond acceptors (Lipinski definition) is 3. The van der Waals surface area contributed by atoms with Crippen molar-refractivity contribution in [2.45, 2.75) is 19.6 Å². The summed E-state index contributed by atoms with van der Waals surface area (Å²) in [5.41, 5.74) is 0.457. The van der Waals surface area contributed by atoms with Crippen LogP contribution in [0.4, 0.5) is 8.78 Å². The summed E-state index contributed by atoms with van der Waals surface area (Å²) < 4.78 is 32.6. The van der Waals surface area contributed by atoms with Gasteiger partial charge in [-0.3, -0.25) is 4.79 Å². The van der Waals surface area contributed by atoms with Crippen molar-refractivity contribution >= 4 is 5.91 Å². The van der Waals surface area contributed by atoms with E-state index in [4.69, 9.17) is 4.74 Å². The Labute approximate surface area is 116 Å². The van der Waals surface area contributed by atoms with Crippen LogP contribution in [0.25, 0.3) is 0 Å². The molecule has 0 radical (unpaired) electrons. The Bertz CT molecular complexity index is 469. The van der Waals surface area contributed by atoms with E-state index in [2.05, 4.69) is 17.2 Å². The van der Waals surface area contributed by atoms with Crippen LogP contribution in [0.1, 0.15) is 12.5 Å². The summed E-state index contributed by atoms with van der Waals surface area (Å²) in [6.45, 7) is 5.46. The molecule has 1 rings (SSSR count). The molecule has 0 aliphatic carbocycles. The van der Waals surface area contributed by atoms with Crippen LogP contribution in [0, 0.1) is 11.6 Å². The number of rotatable bonds is 7. The van der Waals surface area contributed by atoms with Crippen molar-refractivity contribution in [3.05, 3.63) is 42.0 Å². The van der Waals surface area contributed by atoms with Gasteiger partial charge in [-0.25, -0.2) is 8.78 Å². The summed E-state index contributed by atoms with van der Waals surface area (Å²) in [5.74, 6) is -2.69. The lowest BCUT2D eigenvalue weighted by Gasteiger charge is -2.15. The molecule has 0 saturated carbocycles. The zero-order chi connectivity index (χ0) is 15.1. The predicted molar refractivity (Wildman–Crippen MR) is 72.4 cm³/mol. The van der Waals surface area contributed by atoms with E-state index in [1.54, 1.807) is 7.05 Å². The molecular weight excluding hydrogens is 266 g/mol. The molecule has 0 aromatic heterocycles. The molecule has 6 heteroatoms. The highest BCUT2D eigenvalue weighted by Gasteiger charge is 2.19. The first-order chi connectivity index (χ1) is 9.49. The van der Waals surface area contributed by atoms with Crippen LogP contribution in [0.5, 0.6) is 5.75 Å². The third-order valence-electron chi connectivity index (χ3n) is 2.52. The number of hydrogen-bond donors (Lipinski definition) is 2. The Balaban J connectivity index is 2.81. The van der Waals surface area contributed by atoms with Crippen molar-refractivity contribution in [2.75, 3.05) is 13.6 Å². The number of amides is 1. The van der Waals surface area contributed by atoms with Gasteiger partial charge in [-0.1, -0.05) is 6.08 Å². The summed E-state index contributed by atoms with van der Waals surface area (Å²) in [5, 5.41) is 5.28. The third-order valence-corrected chi connectivity index (χ3v) is 2.52. The van der Waals surface area contributed by atoms with Gasteiger partial charge in [0.05, 0.1) is 0 Å². The average molecular weight is 284 g/mol. The normalized spacial score (nSPS) is 11.8. The first-order valence-electron chi connectivity index (χ1n) is 6.17. The highest BCUT2D eigenvalue weighted by Crippen LogP contribution is 2.24. The largest absolute Gasteiger partial charge is 0.475 e. The summed E-state index contributed by atoms with van der Waals surface area (Å²) in [6.07, 6.45) is 0.493. The molecule has 110 valence electrons. The molecule has 1 amide bonds. The van der Waals surface area contributed by atoms with E-state index in [0.29, 0.717) is 12.1 Å². The molecule has 1 unspecified atom stereocenters. The lowest BCUT2D eigenvalue weighted by atomic mass is 10.2. The lowest BCUT2D eigenvalue weighted by Crippen LogP contribution is -2.36. The molecule has 2 N–H and O–H groups in total. The highest BCUT2D eigenvalue weighted by molar-refractivity contribution is 5.80. The number of carbonyl (C=O) groups is 1. The molecule has 0 aliphatic rings. The Morgan fingerprint density at radius 3 is 2.55 bits per heavy atom. The molecule has 1 atom stereocenters. The van der Waals surface area contributed by atoms with Crippen molar-refractivity contribution in [1.29, 1.82) is 0 Å². The van der Waals surface area contributed by atoms with Crippen LogP contribution < -0.4 is 15.4 Å². The molecule has 0 fully saturated rings. The minimum Gasteiger partial charge on any atom is -0.475 e. The molecule has 20 heavy (non-hydrogen) atoms. The number of nitrogens with one attached hydrogen (secondary N) is 2. The fourth-order valence-electron chi connectivity index (χ4n) is 1.58. The Morgan fingerprint density at radius 2 is 2.05 bits per heavy atom. The fraction of sp³-hybridized carbons (Fsp3) is 0.357. The quantitative estimate of drug-likeness (QED) is 0.750. The van der Waals surface area contributed by atoms with Gasteiger partial charge in [0.1, 0.15) is 0 Å². The SMILES string of the molecule is C=CCNC(=O)C(C)Oc1c(F)cc(CNC)cc1F. The first-order valence-corrected chi connectivity index (χ1v) is 6.17. The maximum atomic E-state index is 13.8. The van der Waals surface area contributed by atoms with E-state index in [9.17, 15) is 13.6 Å². The second-order valence-corrected chi connectivity index (χ2v) is 4.21. The van der Waals surface area contributed by atoms with Crippen LogP contribution in [-0.2, 0) is 11.3 Å². The maximum absolute atomic E-state index is 13.8. The number of benzene rings is 1. The second-order valence-electron chi connectivity index (χ2n) is 4.21. The van der Waals surface area contributed by atoms with E-state index in [0.717, 1.165) is 0 Å². The van der Waals surface area contributed by atoms with Gasteiger partial charge in [0, 0.05) is 13.1 Å². The third kappa shape index (κ3) is 4.31. The van der Waals surface area contributed by atoms with Crippen molar-refractivity contribution in [3.8, 4) is 5.75 Å². The molecule has 4 nitrogen and oxygen atoms in total. The zero-order valence-electron chi connectivity index (χ0n) is 11.5.